The number of hydrogen-bond donors (Lipinski definition) is 1. The highest BCUT2D eigenvalue weighted by Crippen LogP contribution is 2.44. The fourth-order valence-corrected chi connectivity index (χ4v) is 3.65. The Kier molecular flexibility index (Phi) is 4.74. The zero-order valence-corrected chi connectivity index (χ0v) is 15.4. The van der Waals surface area contributed by atoms with Crippen molar-refractivity contribution in [2.45, 2.75) is 5.92 Å². The SMILES string of the molecule is C#Cc1cc(NC(=O)OCC2c3ccccc3-c3ccccc32)ccc1OC. The van der Waals surface area contributed by atoms with E-state index in [0.717, 1.165) is 0 Å². The van der Waals surface area contributed by atoms with Crippen molar-refractivity contribution < 1.29 is 14.3 Å². The van der Waals surface area contributed by atoms with Gasteiger partial charge in [0.15, 0.2) is 0 Å². The molecule has 138 valence electrons. The summed E-state index contributed by atoms with van der Waals surface area (Å²) in [5.41, 5.74) is 5.87. The largest absolute Gasteiger partial charge is 0.495 e. The molecule has 0 aliphatic heterocycles. The Hall–Kier alpha value is -3.71. The Bertz CT molecular complexity index is 1040. The molecule has 1 amide bonds. The molecule has 4 heteroatoms. The summed E-state index contributed by atoms with van der Waals surface area (Å²) in [6, 6.07) is 21.6. The van der Waals surface area contributed by atoms with Crippen LogP contribution in [0.25, 0.3) is 11.1 Å². The number of amides is 1. The molecule has 0 fully saturated rings. The molecule has 3 aromatic carbocycles. The van der Waals surface area contributed by atoms with Crippen LogP contribution in [-0.2, 0) is 4.74 Å². The Labute approximate surface area is 164 Å². The summed E-state index contributed by atoms with van der Waals surface area (Å²) in [7, 11) is 1.55. The fourth-order valence-electron chi connectivity index (χ4n) is 3.65. The first kappa shape index (κ1) is 17.7. The second-order valence-corrected chi connectivity index (χ2v) is 6.51. The van der Waals surface area contributed by atoms with Gasteiger partial charge in [-0.05, 0) is 40.5 Å². The molecule has 0 unspecified atom stereocenters. The molecule has 4 rings (SSSR count). The maximum atomic E-state index is 12.3. The molecule has 0 saturated heterocycles. The molecular weight excluding hydrogens is 350 g/mol. The van der Waals surface area contributed by atoms with E-state index in [-0.39, 0.29) is 12.5 Å². The summed E-state index contributed by atoms with van der Waals surface area (Å²) in [5, 5.41) is 2.73. The summed E-state index contributed by atoms with van der Waals surface area (Å²) in [6.45, 7) is 0.262. The average Bonchev–Trinajstić information content (AvgIpc) is 3.06. The number of carbonyl (C=O) groups excluding carboxylic acids is 1. The third kappa shape index (κ3) is 3.19. The summed E-state index contributed by atoms with van der Waals surface area (Å²) in [4.78, 5) is 12.3. The molecular formula is C24H19NO3. The molecule has 0 heterocycles. The lowest BCUT2D eigenvalue weighted by Crippen LogP contribution is -2.18. The van der Waals surface area contributed by atoms with Crippen LogP contribution in [0.1, 0.15) is 22.6 Å². The second-order valence-electron chi connectivity index (χ2n) is 6.51. The van der Waals surface area contributed by atoms with Crippen molar-refractivity contribution in [3.63, 3.8) is 0 Å². The molecule has 0 bridgehead atoms. The fraction of sp³-hybridized carbons (Fsp3) is 0.125. The highest BCUT2D eigenvalue weighted by Gasteiger charge is 2.28. The number of benzene rings is 3. The van der Waals surface area contributed by atoms with Gasteiger partial charge in [0.05, 0.1) is 12.7 Å². The minimum Gasteiger partial charge on any atom is -0.495 e. The number of methoxy groups -OCH3 is 1. The van der Waals surface area contributed by atoms with Crippen LogP contribution in [0.15, 0.2) is 66.7 Å². The Morgan fingerprint density at radius 2 is 1.68 bits per heavy atom. The van der Waals surface area contributed by atoms with Crippen molar-refractivity contribution >= 4 is 11.8 Å². The number of hydrogen-bond acceptors (Lipinski definition) is 3. The molecule has 4 nitrogen and oxygen atoms in total. The van der Waals surface area contributed by atoms with Crippen LogP contribution in [0.3, 0.4) is 0 Å². The monoisotopic (exact) mass is 369 g/mol. The van der Waals surface area contributed by atoms with Crippen LogP contribution >= 0.6 is 0 Å². The first-order chi connectivity index (χ1) is 13.7. The predicted molar refractivity (Wildman–Crippen MR) is 110 cm³/mol. The van der Waals surface area contributed by atoms with Crippen LogP contribution in [0.5, 0.6) is 5.75 Å². The van der Waals surface area contributed by atoms with Gasteiger partial charge in [-0.25, -0.2) is 4.79 Å². The number of fused-ring (bicyclic) bond motifs is 3. The van der Waals surface area contributed by atoms with Crippen LogP contribution in [0.4, 0.5) is 10.5 Å². The Balaban J connectivity index is 1.48. The molecule has 1 aliphatic rings. The van der Waals surface area contributed by atoms with Gasteiger partial charge in [-0.2, -0.15) is 0 Å². The second kappa shape index (κ2) is 7.50. The number of carbonyl (C=O) groups is 1. The molecule has 0 atom stereocenters. The van der Waals surface area contributed by atoms with Crippen molar-refractivity contribution in [2.75, 3.05) is 19.0 Å². The summed E-state index contributed by atoms with van der Waals surface area (Å²) in [6.07, 6.45) is 4.97. The van der Waals surface area contributed by atoms with Crippen LogP contribution in [-0.4, -0.2) is 19.8 Å². The maximum absolute atomic E-state index is 12.3. The molecule has 0 aromatic heterocycles. The quantitative estimate of drug-likeness (QED) is 0.656. The molecule has 28 heavy (non-hydrogen) atoms. The van der Waals surface area contributed by atoms with Crippen molar-refractivity contribution in [1.29, 1.82) is 0 Å². The van der Waals surface area contributed by atoms with Crippen molar-refractivity contribution in [2.24, 2.45) is 0 Å². The lowest BCUT2D eigenvalue weighted by Gasteiger charge is -2.15. The van der Waals surface area contributed by atoms with E-state index >= 15 is 0 Å². The standard InChI is InChI=1S/C24H19NO3/c1-3-16-14-17(12-13-23(16)27-2)25-24(26)28-15-22-20-10-6-4-8-18(20)19-9-5-7-11-21(19)22/h1,4-14,22H,15H2,2H3,(H,25,26). The van der Waals surface area contributed by atoms with Crippen molar-refractivity contribution in [3.05, 3.63) is 83.4 Å². The predicted octanol–water partition coefficient (Wildman–Crippen LogP) is 5.04. The molecule has 0 spiro atoms. The number of anilines is 1. The number of nitrogens with one attached hydrogen (secondary N) is 1. The lowest BCUT2D eigenvalue weighted by atomic mass is 9.98. The molecule has 1 aliphatic carbocycles. The van der Waals surface area contributed by atoms with Gasteiger partial charge in [0.1, 0.15) is 12.4 Å². The summed E-state index contributed by atoms with van der Waals surface area (Å²) < 4.78 is 10.7. The van der Waals surface area contributed by atoms with Gasteiger partial charge in [-0.3, -0.25) is 5.32 Å². The minimum atomic E-state index is -0.519. The molecule has 1 N–H and O–H groups in total. The van der Waals surface area contributed by atoms with E-state index in [0.29, 0.717) is 17.0 Å². The van der Waals surface area contributed by atoms with Crippen LogP contribution in [0, 0.1) is 12.3 Å². The number of terminal acetylenes is 1. The first-order valence-corrected chi connectivity index (χ1v) is 8.98. The van der Waals surface area contributed by atoms with Crippen molar-refractivity contribution in [3.8, 4) is 29.2 Å². The molecule has 0 radical (unpaired) electrons. The van der Waals surface area contributed by atoms with E-state index in [9.17, 15) is 4.79 Å². The van der Waals surface area contributed by atoms with Gasteiger partial charge in [0.25, 0.3) is 0 Å². The third-order valence-electron chi connectivity index (χ3n) is 4.95. The normalized spacial score (nSPS) is 11.9. The Morgan fingerprint density at radius 1 is 1.04 bits per heavy atom. The molecule has 3 aromatic rings. The van der Waals surface area contributed by atoms with E-state index in [2.05, 4.69) is 35.5 Å². The maximum Gasteiger partial charge on any atom is 0.411 e. The lowest BCUT2D eigenvalue weighted by molar-refractivity contribution is 0.158. The van der Waals surface area contributed by atoms with E-state index in [1.165, 1.54) is 22.3 Å². The van der Waals surface area contributed by atoms with Crippen molar-refractivity contribution in [1.82, 2.24) is 0 Å². The van der Waals surface area contributed by atoms with E-state index in [1.807, 2.05) is 24.3 Å². The number of rotatable bonds is 4. The summed E-state index contributed by atoms with van der Waals surface area (Å²) in [5.74, 6) is 3.15. The first-order valence-electron chi connectivity index (χ1n) is 8.98. The average molecular weight is 369 g/mol. The highest BCUT2D eigenvalue weighted by molar-refractivity contribution is 5.85. The van der Waals surface area contributed by atoms with Gasteiger partial charge in [-0.15, -0.1) is 6.42 Å². The van der Waals surface area contributed by atoms with Crippen LogP contribution < -0.4 is 10.1 Å². The topological polar surface area (TPSA) is 47.6 Å². The van der Waals surface area contributed by atoms with Gasteiger partial charge in [-0.1, -0.05) is 54.5 Å². The minimum absolute atomic E-state index is 0.0234. The zero-order chi connectivity index (χ0) is 19.5. The zero-order valence-electron chi connectivity index (χ0n) is 15.4. The van der Waals surface area contributed by atoms with Crippen LogP contribution in [0.2, 0.25) is 0 Å². The van der Waals surface area contributed by atoms with Gasteiger partial charge < -0.3 is 9.47 Å². The van der Waals surface area contributed by atoms with E-state index in [4.69, 9.17) is 15.9 Å². The van der Waals surface area contributed by atoms with Gasteiger partial charge in [0.2, 0.25) is 0 Å². The third-order valence-corrected chi connectivity index (χ3v) is 4.95. The van der Waals surface area contributed by atoms with Gasteiger partial charge in [0, 0.05) is 11.6 Å². The molecule has 0 saturated carbocycles. The Morgan fingerprint density at radius 3 is 2.29 bits per heavy atom. The summed E-state index contributed by atoms with van der Waals surface area (Å²) >= 11 is 0. The van der Waals surface area contributed by atoms with E-state index < -0.39 is 6.09 Å². The smallest absolute Gasteiger partial charge is 0.411 e. The van der Waals surface area contributed by atoms with E-state index in [1.54, 1.807) is 25.3 Å². The number of ether oxygens (including phenoxy) is 2. The highest BCUT2D eigenvalue weighted by atomic mass is 16.5. The van der Waals surface area contributed by atoms with Gasteiger partial charge >= 0.3 is 6.09 Å².